The molecule has 0 saturated heterocycles. The largest absolute Gasteiger partial charge is 0.478 e. The number of carbonyl (C=O) groups is 1. The van der Waals surface area contributed by atoms with Crippen molar-refractivity contribution in [1.29, 1.82) is 5.41 Å². The molecular formula is C14H11N3O2. The summed E-state index contributed by atoms with van der Waals surface area (Å²) < 4.78 is 1.86. The van der Waals surface area contributed by atoms with Crippen molar-refractivity contribution in [3.05, 3.63) is 47.3 Å². The minimum Gasteiger partial charge on any atom is -0.478 e. The van der Waals surface area contributed by atoms with Gasteiger partial charge in [0.05, 0.1) is 27.8 Å². The van der Waals surface area contributed by atoms with Crippen LogP contribution >= 0.6 is 0 Å². The van der Waals surface area contributed by atoms with Crippen LogP contribution in [0.1, 0.15) is 10.4 Å². The Morgan fingerprint density at radius 3 is 2.84 bits per heavy atom. The number of benzene rings is 2. The highest BCUT2D eigenvalue weighted by Crippen LogP contribution is 2.24. The SMILES string of the molecule is Cn1c2cc(=N)ccc-2nc2c(C(=O)O)cccc21. The highest BCUT2D eigenvalue weighted by Gasteiger charge is 2.15. The van der Waals surface area contributed by atoms with Crippen molar-refractivity contribution in [2.75, 3.05) is 0 Å². The third-order valence-corrected chi connectivity index (χ3v) is 3.18. The molecule has 0 fully saturated rings. The number of nitrogens with one attached hydrogen (secondary N) is 1. The fraction of sp³-hybridized carbons (Fsp3) is 0.0714. The molecule has 1 aromatic carbocycles. The average molecular weight is 253 g/mol. The number of rotatable bonds is 1. The predicted molar refractivity (Wildman–Crippen MR) is 70.2 cm³/mol. The number of aromatic carboxylic acids is 1. The highest BCUT2D eigenvalue weighted by atomic mass is 16.4. The van der Waals surface area contributed by atoms with Crippen LogP contribution < -0.4 is 5.36 Å². The lowest BCUT2D eigenvalue weighted by atomic mass is 10.1. The van der Waals surface area contributed by atoms with Gasteiger partial charge in [0, 0.05) is 7.05 Å². The summed E-state index contributed by atoms with van der Waals surface area (Å²) in [6, 6.07) is 10.2. The van der Waals surface area contributed by atoms with Crippen molar-refractivity contribution in [3.8, 4) is 11.4 Å². The first-order chi connectivity index (χ1) is 9.08. The Bertz CT molecular complexity index is 836. The van der Waals surface area contributed by atoms with Crippen LogP contribution in [-0.4, -0.2) is 20.6 Å². The van der Waals surface area contributed by atoms with Gasteiger partial charge in [-0.1, -0.05) is 6.07 Å². The Hall–Kier alpha value is -2.69. The van der Waals surface area contributed by atoms with Crippen LogP contribution in [0.2, 0.25) is 0 Å². The Labute approximate surface area is 108 Å². The van der Waals surface area contributed by atoms with E-state index in [9.17, 15) is 9.90 Å². The Morgan fingerprint density at radius 1 is 1.32 bits per heavy atom. The van der Waals surface area contributed by atoms with Gasteiger partial charge in [0.1, 0.15) is 5.52 Å². The second-order valence-corrected chi connectivity index (χ2v) is 4.35. The fourth-order valence-electron chi connectivity index (χ4n) is 2.23. The second-order valence-electron chi connectivity index (χ2n) is 4.35. The van der Waals surface area contributed by atoms with Gasteiger partial charge in [0.15, 0.2) is 0 Å². The molecule has 0 amide bonds. The summed E-state index contributed by atoms with van der Waals surface area (Å²) in [7, 11) is 1.84. The molecule has 0 saturated carbocycles. The maximum atomic E-state index is 11.2. The van der Waals surface area contributed by atoms with Crippen LogP contribution in [0.15, 0.2) is 36.4 Å². The molecule has 2 N–H and O–H groups in total. The molecule has 0 atom stereocenters. The molecule has 0 bridgehead atoms. The molecule has 0 aromatic heterocycles. The molecule has 19 heavy (non-hydrogen) atoms. The maximum Gasteiger partial charge on any atom is 0.337 e. The third kappa shape index (κ3) is 1.67. The molecule has 0 spiro atoms. The molecular weight excluding hydrogens is 242 g/mol. The first kappa shape index (κ1) is 11.4. The fourth-order valence-corrected chi connectivity index (χ4v) is 2.23. The van der Waals surface area contributed by atoms with Crippen LogP contribution in [0.3, 0.4) is 0 Å². The quantitative estimate of drug-likeness (QED) is 0.649. The standard InChI is InChI=1S/C14H11N3O2/c1-17-11-4-2-3-9(14(18)19)13(11)16-10-6-5-8(15)7-12(10)17/h2-7,15H,1H3,(H,18,19). The second kappa shape index (κ2) is 3.91. The number of para-hydroxylation sites is 1. The molecule has 5 nitrogen and oxygen atoms in total. The summed E-state index contributed by atoms with van der Waals surface area (Å²) in [5.41, 5.74) is 2.87. The van der Waals surface area contributed by atoms with E-state index in [2.05, 4.69) is 4.98 Å². The minimum absolute atomic E-state index is 0.185. The average Bonchev–Trinajstić information content (AvgIpc) is 2.39. The van der Waals surface area contributed by atoms with Crippen molar-refractivity contribution < 1.29 is 9.90 Å². The summed E-state index contributed by atoms with van der Waals surface area (Å²) in [6.45, 7) is 0. The molecule has 1 heterocycles. The van der Waals surface area contributed by atoms with E-state index in [4.69, 9.17) is 5.41 Å². The van der Waals surface area contributed by atoms with E-state index in [1.54, 1.807) is 30.3 Å². The minimum atomic E-state index is -0.991. The lowest BCUT2D eigenvalue weighted by molar-refractivity contribution is 0.0699. The molecule has 1 aliphatic carbocycles. The monoisotopic (exact) mass is 253 g/mol. The summed E-state index contributed by atoms with van der Waals surface area (Å²) in [5, 5.41) is 17.3. The highest BCUT2D eigenvalue weighted by molar-refractivity contribution is 6.01. The van der Waals surface area contributed by atoms with Gasteiger partial charge in [-0.25, -0.2) is 9.78 Å². The molecule has 1 aromatic rings. The third-order valence-electron chi connectivity index (χ3n) is 3.18. The van der Waals surface area contributed by atoms with Gasteiger partial charge >= 0.3 is 5.97 Å². The van der Waals surface area contributed by atoms with Crippen LogP contribution in [-0.2, 0) is 7.05 Å². The van der Waals surface area contributed by atoms with Crippen LogP contribution in [0.25, 0.3) is 22.4 Å². The van der Waals surface area contributed by atoms with Gasteiger partial charge in [0.2, 0.25) is 0 Å². The molecule has 2 aliphatic rings. The van der Waals surface area contributed by atoms with E-state index < -0.39 is 5.97 Å². The number of hydrogen-bond donors (Lipinski definition) is 2. The van der Waals surface area contributed by atoms with E-state index in [1.807, 2.05) is 17.7 Å². The Morgan fingerprint density at radius 2 is 2.11 bits per heavy atom. The number of aromatic nitrogens is 2. The number of hydrogen-bond acceptors (Lipinski definition) is 3. The Kier molecular flexibility index (Phi) is 2.35. The molecule has 1 aliphatic heterocycles. The van der Waals surface area contributed by atoms with Crippen molar-refractivity contribution in [2.45, 2.75) is 0 Å². The lowest BCUT2D eigenvalue weighted by Crippen LogP contribution is -2.10. The van der Waals surface area contributed by atoms with E-state index in [1.165, 1.54) is 0 Å². The summed E-state index contributed by atoms with van der Waals surface area (Å²) in [5.74, 6) is -0.991. The molecule has 0 unspecified atom stereocenters. The maximum absolute atomic E-state index is 11.2. The van der Waals surface area contributed by atoms with E-state index in [0.717, 1.165) is 11.2 Å². The number of nitrogens with zero attached hydrogens (tertiary/aromatic N) is 2. The summed E-state index contributed by atoms with van der Waals surface area (Å²) in [6.07, 6.45) is 0. The number of carboxylic acid groups (broad SMARTS) is 1. The zero-order valence-corrected chi connectivity index (χ0v) is 10.2. The molecule has 3 rings (SSSR count). The van der Waals surface area contributed by atoms with E-state index in [-0.39, 0.29) is 5.56 Å². The number of carboxylic acids is 1. The number of aryl methyl sites for hydroxylation is 1. The van der Waals surface area contributed by atoms with Crippen LogP contribution in [0, 0.1) is 5.41 Å². The van der Waals surface area contributed by atoms with Gasteiger partial charge in [-0.05, 0) is 30.3 Å². The van der Waals surface area contributed by atoms with Crippen molar-refractivity contribution in [1.82, 2.24) is 9.55 Å². The lowest BCUT2D eigenvalue weighted by Gasteiger charge is -2.15. The van der Waals surface area contributed by atoms with E-state index >= 15 is 0 Å². The van der Waals surface area contributed by atoms with Gasteiger partial charge in [-0.15, -0.1) is 0 Å². The smallest absolute Gasteiger partial charge is 0.337 e. The summed E-state index contributed by atoms with van der Waals surface area (Å²) >= 11 is 0. The van der Waals surface area contributed by atoms with Gasteiger partial charge < -0.3 is 15.1 Å². The van der Waals surface area contributed by atoms with Gasteiger partial charge in [-0.3, -0.25) is 0 Å². The van der Waals surface area contributed by atoms with Crippen molar-refractivity contribution in [2.24, 2.45) is 7.05 Å². The molecule has 0 radical (unpaired) electrons. The van der Waals surface area contributed by atoms with Crippen molar-refractivity contribution in [3.63, 3.8) is 0 Å². The van der Waals surface area contributed by atoms with Crippen molar-refractivity contribution >= 4 is 17.0 Å². The zero-order valence-electron chi connectivity index (χ0n) is 10.2. The first-order valence-corrected chi connectivity index (χ1v) is 5.75. The molecule has 5 heteroatoms. The summed E-state index contributed by atoms with van der Waals surface area (Å²) in [4.78, 5) is 15.7. The number of fused-ring (bicyclic) bond motifs is 2. The predicted octanol–water partition coefficient (Wildman–Crippen LogP) is 1.86. The van der Waals surface area contributed by atoms with Crippen LogP contribution in [0.5, 0.6) is 0 Å². The molecule has 94 valence electrons. The van der Waals surface area contributed by atoms with Gasteiger partial charge in [0.25, 0.3) is 0 Å². The van der Waals surface area contributed by atoms with Crippen LogP contribution in [0.4, 0.5) is 0 Å². The normalized spacial score (nSPS) is 11.0. The van der Waals surface area contributed by atoms with E-state index in [0.29, 0.717) is 16.6 Å². The van der Waals surface area contributed by atoms with Gasteiger partial charge in [-0.2, -0.15) is 0 Å². The zero-order chi connectivity index (χ0) is 13.6. The topological polar surface area (TPSA) is 79.0 Å². The Balaban J connectivity index is 2.54. The first-order valence-electron chi connectivity index (χ1n) is 5.75.